The van der Waals surface area contributed by atoms with E-state index in [-0.39, 0.29) is 11.5 Å². The topological polar surface area (TPSA) is 108 Å². The maximum atomic E-state index is 11.9. The zero-order valence-electron chi connectivity index (χ0n) is 10.8. The maximum absolute atomic E-state index is 11.9. The molecule has 0 radical (unpaired) electrons. The fraction of sp³-hybridized carbons (Fsp3) is 0.0714. The normalized spacial score (nSPS) is 9.90. The zero-order valence-corrected chi connectivity index (χ0v) is 10.8. The Morgan fingerprint density at radius 1 is 1.14 bits per heavy atom. The summed E-state index contributed by atoms with van der Waals surface area (Å²) >= 11 is 0. The Labute approximate surface area is 119 Å². The Kier molecular flexibility index (Phi) is 4.35. The molecule has 7 nitrogen and oxygen atoms in total. The Morgan fingerprint density at radius 3 is 2.43 bits per heavy atom. The number of carbonyl (C=O) groups is 2. The van der Waals surface area contributed by atoms with Gasteiger partial charge in [-0.3, -0.25) is 9.59 Å². The molecule has 0 bridgehead atoms. The van der Waals surface area contributed by atoms with E-state index in [9.17, 15) is 14.4 Å². The van der Waals surface area contributed by atoms with Gasteiger partial charge in [-0.1, -0.05) is 0 Å². The molecule has 0 saturated heterocycles. The van der Waals surface area contributed by atoms with Gasteiger partial charge in [0.25, 0.3) is 5.91 Å². The Morgan fingerprint density at radius 2 is 1.86 bits per heavy atom. The number of carboxylic acids is 1. The molecule has 1 amide bonds. The van der Waals surface area contributed by atoms with Crippen molar-refractivity contribution in [1.29, 1.82) is 0 Å². The van der Waals surface area contributed by atoms with Gasteiger partial charge in [-0.25, -0.2) is 4.79 Å². The molecular weight excluding hydrogens is 276 g/mol. The summed E-state index contributed by atoms with van der Waals surface area (Å²) in [6.07, 6.45) is 1.32. The molecule has 2 aromatic rings. The van der Waals surface area contributed by atoms with Gasteiger partial charge in [0.15, 0.2) is 6.61 Å². The molecule has 21 heavy (non-hydrogen) atoms. The molecule has 0 aliphatic rings. The number of carbonyl (C=O) groups excluding carboxylic acids is 1. The Balaban J connectivity index is 1.99. The molecule has 1 aromatic carbocycles. The number of pyridine rings is 1. The van der Waals surface area contributed by atoms with Crippen molar-refractivity contribution in [2.75, 3.05) is 11.9 Å². The van der Waals surface area contributed by atoms with E-state index in [4.69, 9.17) is 9.84 Å². The summed E-state index contributed by atoms with van der Waals surface area (Å²) < 4.78 is 4.97. The molecule has 0 aliphatic carbocycles. The van der Waals surface area contributed by atoms with E-state index in [1.807, 2.05) is 0 Å². The molecule has 0 spiro atoms. The number of H-pyrrole nitrogens is 1. The van der Waals surface area contributed by atoms with Crippen LogP contribution < -0.4 is 15.6 Å². The van der Waals surface area contributed by atoms with Crippen molar-refractivity contribution in [2.24, 2.45) is 0 Å². The quantitative estimate of drug-likeness (QED) is 0.763. The summed E-state index contributed by atoms with van der Waals surface area (Å²) in [6.45, 7) is -0.427. The van der Waals surface area contributed by atoms with Crippen LogP contribution in [0.2, 0.25) is 0 Å². The van der Waals surface area contributed by atoms with E-state index >= 15 is 0 Å². The van der Waals surface area contributed by atoms with Gasteiger partial charge >= 0.3 is 5.97 Å². The zero-order chi connectivity index (χ0) is 15.2. The van der Waals surface area contributed by atoms with Crippen LogP contribution in [0.1, 0.15) is 10.4 Å². The van der Waals surface area contributed by atoms with Crippen molar-refractivity contribution in [3.05, 3.63) is 58.5 Å². The molecule has 2 rings (SSSR count). The van der Waals surface area contributed by atoms with Crippen molar-refractivity contribution in [2.45, 2.75) is 0 Å². The van der Waals surface area contributed by atoms with Gasteiger partial charge < -0.3 is 20.1 Å². The van der Waals surface area contributed by atoms with Crippen LogP contribution in [0.5, 0.6) is 5.75 Å². The third kappa shape index (κ3) is 4.20. The predicted octanol–water partition coefficient (Wildman–Crippen LogP) is 1.09. The highest BCUT2D eigenvalue weighted by molar-refractivity contribution is 6.04. The first-order valence-electron chi connectivity index (χ1n) is 5.99. The molecule has 1 aromatic heterocycles. The molecule has 0 fully saturated rings. The lowest BCUT2D eigenvalue weighted by Gasteiger charge is -2.07. The van der Waals surface area contributed by atoms with Crippen molar-refractivity contribution in [3.8, 4) is 5.75 Å². The van der Waals surface area contributed by atoms with Gasteiger partial charge in [-0.2, -0.15) is 0 Å². The number of hydrogen-bond donors (Lipinski definition) is 3. The number of nitrogens with one attached hydrogen (secondary N) is 2. The summed E-state index contributed by atoms with van der Waals surface area (Å²) in [5, 5.41) is 11.1. The lowest BCUT2D eigenvalue weighted by atomic mass is 10.2. The van der Waals surface area contributed by atoms with E-state index in [0.717, 1.165) is 0 Å². The number of benzene rings is 1. The number of aromatic nitrogens is 1. The minimum absolute atomic E-state index is 0.286. The number of hydrogen-bond acceptors (Lipinski definition) is 4. The lowest BCUT2D eigenvalue weighted by molar-refractivity contribution is -0.139. The maximum Gasteiger partial charge on any atom is 0.341 e. The first kappa shape index (κ1) is 14.3. The van der Waals surface area contributed by atoms with Crippen LogP contribution in [0.4, 0.5) is 5.69 Å². The van der Waals surface area contributed by atoms with Crippen molar-refractivity contribution < 1.29 is 19.4 Å². The summed E-state index contributed by atoms with van der Waals surface area (Å²) in [5.74, 6) is -1.05. The van der Waals surface area contributed by atoms with Gasteiger partial charge in [0.2, 0.25) is 5.56 Å². The average molecular weight is 288 g/mol. The van der Waals surface area contributed by atoms with Gasteiger partial charge in [0, 0.05) is 18.0 Å². The predicted molar refractivity (Wildman–Crippen MR) is 74.6 cm³/mol. The number of aliphatic carboxylic acids is 1. The number of rotatable bonds is 5. The number of aromatic amines is 1. The molecule has 0 atom stereocenters. The van der Waals surface area contributed by atoms with Gasteiger partial charge in [0.1, 0.15) is 5.75 Å². The fourth-order valence-corrected chi connectivity index (χ4v) is 1.53. The molecule has 1 heterocycles. The van der Waals surface area contributed by atoms with Gasteiger partial charge in [-0.15, -0.1) is 0 Å². The third-order valence-corrected chi connectivity index (χ3v) is 2.52. The van der Waals surface area contributed by atoms with E-state index in [2.05, 4.69) is 10.3 Å². The second-order valence-electron chi connectivity index (χ2n) is 4.10. The monoisotopic (exact) mass is 288 g/mol. The summed E-state index contributed by atoms with van der Waals surface area (Å²) in [6, 6.07) is 8.94. The smallest absolute Gasteiger partial charge is 0.341 e. The van der Waals surface area contributed by atoms with E-state index in [1.165, 1.54) is 18.3 Å². The van der Waals surface area contributed by atoms with Crippen molar-refractivity contribution in [1.82, 2.24) is 4.98 Å². The summed E-state index contributed by atoms with van der Waals surface area (Å²) in [5.41, 5.74) is 0.557. The van der Waals surface area contributed by atoms with Crippen LogP contribution in [0.3, 0.4) is 0 Å². The Hall–Kier alpha value is -3.09. The lowest BCUT2D eigenvalue weighted by Crippen LogP contribution is -2.14. The summed E-state index contributed by atoms with van der Waals surface area (Å²) in [4.78, 5) is 35.6. The van der Waals surface area contributed by atoms with Crippen LogP contribution in [0.15, 0.2) is 47.4 Å². The van der Waals surface area contributed by atoms with Crippen LogP contribution in [0, 0.1) is 0 Å². The highest BCUT2D eigenvalue weighted by Gasteiger charge is 2.06. The van der Waals surface area contributed by atoms with E-state index in [0.29, 0.717) is 17.0 Å². The number of anilines is 1. The number of carboxylic acid groups (broad SMARTS) is 1. The van der Waals surface area contributed by atoms with Gasteiger partial charge in [0.05, 0.1) is 5.56 Å². The fourth-order valence-electron chi connectivity index (χ4n) is 1.53. The molecule has 0 aliphatic heterocycles. The molecule has 0 saturated carbocycles. The molecule has 3 N–H and O–H groups in total. The second-order valence-corrected chi connectivity index (χ2v) is 4.10. The van der Waals surface area contributed by atoms with E-state index in [1.54, 1.807) is 24.3 Å². The van der Waals surface area contributed by atoms with Crippen LogP contribution >= 0.6 is 0 Å². The van der Waals surface area contributed by atoms with Crippen molar-refractivity contribution in [3.63, 3.8) is 0 Å². The van der Waals surface area contributed by atoms with E-state index < -0.39 is 12.6 Å². The highest BCUT2D eigenvalue weighted by Crippen LogP contribution is 2.16. The largest absolute Gasteiger partial charge is 0.482 e. The number of ether oxygens (including phenoxy) is 1. The van der Waals surface area contributed by atoms with Crippen molar-refractivity contribution >= 4 is 17.6 Å². The minimum atomic E-state index is -1.06. The second kappa shape index (κ2) is 6.38. The third-order valence-electron chi connectivity index (χ3n) is 2.52. The first-order chi connectivity index (χ1) is 10.0. The SMILES string of the molecule is O=C(O)COc1ccc(NC(=O)c2ccc(=O)[nH]c2)cc1. The van der Waals surface area contributed by atoms with Crippen LogP contribution in [-0.2, 0) is 4.79 Å². The standard InChI is InChI=1S/C14H12N2O5/c17-12-6-1-9(7-15-12)14(20)16-10-2-4-11(5-3-10)21-8-13(18)19/h1-7H,8H2,(H,15,17)(H,16,20)(H,18,19). The summed E-state index contributed by atoms with van der Waals surface area (Å²) in [7, 11) is 0. The molecule has 108 valence electrons. The minimum Gasteiger partial charge on any atom is -0.482 e. The molecular formula is C14H12N2O5. The average Bonchev–Trinajstić information content (AvgIpc) is 2.47. The molecule has 7 heteroatoms. The number of amides is 1. The highest BCUT2D eigenvalue weighted by atomic mass is 16.5. The molecule has 0 unspecified atom stereocenters. The van der Waals surface area contributed by atoms with Gasteiger partial charge in [-0.05, 0) is 30.3 Å². The first-order valence-corrected chi connectivity index (χ1v) is 5.99. The van der Waals surface area contributed by atoms with Crippen LogP contribution in [-0.4, -0.2) is 28.6 Å². The van der Waals surface area contributed by atoms with Crippen LogP contribution in [0.25, 0.3) is 0 Å². The Bertz CT molecular complexity index is 686.